The fourth-order valence-corrected chi connectivity index (χ4v) is 4.20. The zero-order chi connectivity index (χ0) is 18.6. The van der Waals surface area contributed by atoms with Crippen LogP contribution in [-0.2, 0) is 6.42 Å². The summed E-state index contributed by atoms with van der Waals surface area (Å²) in [5.74, 6) is 0.963. The van der Waals surface area contributed by atoms with Crippen molar-refractivity contribution >= 4 is 23.3 Å². The highest BCUT2D eigenvalue weighted by Crippen LogP contribution is 2.27. The molecule has 2 aliphatic rings. The number of rotatable bonds is 3. The summed E-state index contributed by atoms with van der Waals surface area (Å²) in [5.41, 5.74) is 1.92. The first-order valence-electron chi connectivity index (χ1n) is 9.29. The molecular formula is C20H23N3O3S. The van der Waals surface area contributed by atoms with Gasteiger partial charge in [0.2, 0.25) is 0 Å². The van der Waals surface area contributed by atoms with Gasteiger partial charge in [0.25, 0.3) is 5.91 Å². The molecule has 1 fully saturated rings. The van der Waals surface area contributed by atoms with Gasteiger partial charge in [-0.05, 0) is 29.5 Å². The third kappa shape index (κ3) is 4.08. The zero-order valence-electron chi connectivity index (χ0n) is 15.1. The van der Waals surface area contributed by atoms with Gasteiger partial charge in [0.15, 0.2) is 0 Å². The van der Waals surface area contributed by atoms with Crippen LogP contribution in [0.5, 0.6) is 5.75 Å². The molecule has 0 saturated carbocycles. The van der Waals surface area contributed by atoms with Crippen LogP contribution >= 0.6 is 11.3 Å². The fraction of sp³-hybridized carbons (Fsp3) is 0.400. The highest BCUT2D eigenvalue weighted by atomic mass is 32.1. The first kappa shape index (κ1) is 17.9. The lowest BCUT2D eigenvalue weighted by Crippen LogP contribution is -2.45. The van der Waals surface area contributed by atoms with Gasteiger partial charge < -0.3 is 19.9 Å². The number of benzene rings is 1. The largest absolute Gasteiger partial charge is 0.488 e. The van der Waals surface area contributed by atoms with Crippen LogP contribution in [0.25, 0.3) is 0 Å². The number of thiophene rings is 1. The van der Waals surface area contributed by atoms with Crippen LogP contribution < -0.4 is 10.1 Å². The summed E-state index contributed by atoms with van der Waals surface area (Å²) < 4.78 is 5.87. The maximum atomic E-state index is 12.5. The molecule has 1 aromatic carbocycles. The first-order valence-corrected chi connectivity index (χ1v) is 10.2. The summed E-state index contributed by atoms with van der Waals surface area (Å²) in [4.78, 5) is 28.7. The second-order valence-corrected chi connectivity index (χ2v) is 7.66. The van der Waals surface area contributed by atoms with E-state index in [2.05, 4.69) is 11.4 Å². The molecule has 27 heavy (non-hydrogen) atoms. The van der Waals surface area contributed by atoms with E-state index in [-0.39, 0.29) is 18.0 Å². The Morgan fingerprint density at radius 2 is 1.93 bits per heavy atom. The molecule has 0 spiro atoms. The summed E-state index contributed by atoms with van der Waals surface area (Å²) in [6.07, 6.45) is 1.59. The molecule has 3 amide bonds. The summed E-state index contributed by atoms with van der Waals surface area (Å²) in [5, 5.41) is 6.77. The number of hydrogen-bond acceptors (Lipinski definition) is 4. The van der Waals surface area contributed by atoms with Gasteiger partial charge >= 0.3 is 6.03 Å². The SMILES string of the molecule is O=C(NCC1Cc2ccccc2O1)N1CCCN(C(=O)c2ccsc2)CC1. The van der Waals surface area contributed by atoms with E-state index >= 15 is 0 Å². The average Bonchev–Trinajstić information content (AvgIpc) is 3.29. The third-order valence-electron chi connectivity index (χ3n) is 5.03. The number of carbonyl (C=O) groups excluding carboxylic acids is 2. The number of amides is 3. The topological polar surface area (TPSA) is 61.9 Å². The number of para-hydroxylation sites is 1. The minimum Gasteiger partial charge on any atom is -0.488 e. The zero-order valence-corrected chi connectivity index (χ0v) is 15.9. The number of carbonyl (C=O) groups is 2. The maximum absolute atomic E-state index is 12.5. The van der Waals surface area contributed by atoms with E-state index in [1.165, 1.54) is 16.9 Å². The lowest BCUT2D eigenvalue weighted by atomic mass is 10.1. The summed E-state index contributed by atoms with van der Waals surface area (Å²) in [6.45, 7) is 2.94. The van der Waals surface area contributed by atoms with Crippen molar-refractivity contribution < 1.29 is 14.3 Å². The highest BCUT2D eigenvalue weighted by Gasteiger charge is 2.26. The smallest absolute Gasteiger partial charge is 0.317 e. The van der Waals surface area contributed by atoms with Crippen LogP contribution in [0.15, 0.2) is 41.1 Å². The molecule has 142 valence electrons. The number of nitrogens with zero attached hydrogens (tertiary/aromatic N) is 2. The molecule has 2 aromatic rings. The van der Waals surface area contributed by atoms with Crippen molar-refractivity contribution in [1.82, 2.24) is 15.1 Å². The minimum absolute atomic E-state index is 0.0185. The molecule has 1 unspecified atom stereocenters. The highest BCUT2D eigenvalue weighted by molar-refractivity contribution is 7.08. The monoisotopic (exact) mass is 385 g/mol. The molecule has 0 aliphatic carbocycles. The molecule has 1 aromatic heterocycles. The van der Waals surface area contributed by atoms with Gasteiger partial charge in [0.05, 0.1) is 12.1 Å². The van der Waals surface area contributed by atoms with E-state index in [4.69, 9.17) is 4.74 Å². The standard InChI is InChI=1S/C20H23N3O3S/c24-19(16-6-11-27-14-16)22-7-3-8-23(10-9-22)20(25)21-13-17-12-15-4-1-2-5-18(15)26-17/h1-2,4-6,11,14,17H,3,7-10,12-13H2,(H,21,25). The van der Waals surface area contributed by atoms with Crippen molar-refractivity contribution in [3.8, 4) is 5.75 Å². The van der Waals surface area contributed by atoms with Gasteiger partial charge in [-0.15, -0.1) is 0 Å². The van der Waals surface area contributed by atoms with Crippen LogP contribution in [0.1, 0.15) is 22.3 Å². The molecule has 2 aliphatic heterocycles. The van der Waals surface area contributed by atoms with E-state index in [0.717, 1.165) is 24.2 Å². The van der Waals surface area contributed by atoms with Crippen LogP contribution in [-0.4, -0.2) is 60.6 Å². The molecule has 4 rings (SSSR count). The quantitative estimate of drug-likeness (QED) is 0.884. The molecule has 3 heterocycles. The Bertz CT molecular complexity index is 784. The Labute approximate surface area is 162 Å². The lowest BCUT2D eigenvalue weighted by Gasteiger charge is -2.23. The number of ether oxygens (including phenoxy) is 1. The molecule has 1 N–H and O–H groups in total. The predicted molar refractivity (Wildman–Crippen MR) is 104 cm³/mol. The van der Waals surface area contributed by atoms with Crippen LogP contribution in [0.2, 0.25) is 0 Å². The van der Waals surface area contributed by atoms with E-state index in [1.54, 1.807) is 4.90 Å². The molecule has 7 heteroatoms. The molecular weight excluding hydrogens is 362 g/mol. The normalized spacial score (nSPS) is 19.2. The minimum atomic E-state index is -0.0839. The molecule has 6 nitrogen and oxygen atoms in total. The van der Waals surface area contributed by atoms with Crippen molar-refractivity contribution in [3.63, 3.8) is 0 Å². The van der Waals surface area contributed by atoms with E-state index in [1.807, 2.05) is 39.9 Å². The van der Waals surface area contributed by atoms with Crippen molar-refractivity contribution in [2.75, 3.05) is 32.7 Å². The fourth-order valence-electron chi connectivity index (χ4n) is 3.57. The Balaban J connectivity index is 1.26. The molecule has 0 radical (unpaired) electrons. The molecule has 1 atom stereocenters. The van der Waals surface area contributed by atoms with Gasteiger partial charge in [-0.1, -0.05) is 18.2 Å². The number of urea groups is 1. The van der Waals surface area contributed by atoms with Crippen LogP contribution in [0, 0.1) is 0 Å². The maximum Gasteiger partial charge on any atom is 0.317 e. The Morgan fingerprint density at radius 3 is 2.74 bits per heavy atom. The second kappa shape index (κ2) is 8.00. The Kier molecular flexibility index (Phi) is 5.29. The summed E-state index contributed by atoms with van der Waals surface area (Å²) in [7, 11) is 0. The second-order valence-electron chi connectivity index (χ2n) is 6.88. The van der Waals surface area contributed by atoms with Gasteiger partial charge in [-0.3, -0.25) is 4.79 Å². The summed E-state index contributed by atoms with van der Waals surface area (Å²) in [6, 6.07) is 9.75. The van der Waals surface area contributed by atoms with Crippen molar-refractivity contribution in [2.45, 2.75) is 18.9 Å². The van der Waals surface area contributed by atoms with Gasteiger partial charge in [-0.2, -0.15) is 11.3 Å². The van der Waals surface area contributed by atoms with Gasteiger partial charge in [0.1, 0.15) is 11.9 Å². The summed E-state index contributed by atoms with van der Waals surface area (Å²) >= 11 is 1.52. The van der Waals surface area contributed by atoms with Crippen molar-refractivity contribution in [2.24, 2.45) is 0 Å². The van der Waals surface area contributed by atoms with Crippen LogP contribution in [0.4, 0.5) is 4.79 Å². The molecule has 1 saturated heterocycles. The Morgan fingerprint density at radius 1 is 1.11 bits per heavy atom. The first-order chi connectivity index (χ1) is 13.2. The molecule has 0 bridgehead atoms. The van der Waals surface area contributed by atoms with Crippen LogP contribution in [0.3, 0.4) is 0 Å². The van der Waals surface area contributed by atoms with Gasteiger partial charge in [-0.25, -0.2) is 4.79 Å². The lowest BCUT2D eigenvalue weighted by molar-refractivity contribution is 0.0763. The van der Waals surface area contributed by atoms with Crippen molar-refractivity contribution in [1.29, 1.82) is 0 Å². The average molecular weight is 385 g/mol. The third-order valence-corrected chi connectivity index (χ3v) is 5.72. The van der Waals surface area contributed by atoms with E-state index in [9.17, 15) is 9.59 Å². The van der Waals surface area contributed by atoms with E-state index < -0.39 is 0 Å². The van der Waals surface area contributed by atoms with E-state index in [0.29, 0.717) is 32.7 Å². The number of nitrogens with one attached hydrogen (secondary N) is 1. The van der Waals surface area contributed by atoms with Gasteiger partial charge in [0, 0.05) is 38.0 Å². The number of hydrogen-bond donors (Lipinski definition) is 1. The predicted octanol–water partition coefficient (Wildman–Crippen LogP) is 2.61. The van der Waals surface area contributed by atoms with Crippen molar-refractivity contribution in [3.05, 3.63) is 52.2 Å². The number of fused-ring (bicyclic) bond motifs is 1. The Hall–Kier alpha value is -2.54.